The number of rotatable bonds is 12. The first kappa shape index (κ1) is 30.9. The van der Waals surface area contributed by atoms with Gasteiger partial charge < -0.3 is 29.4 Å². The lowest BCUT2D eigenvalue weighted by Gasteiger charge is -2.16. The number of halogens is 3. The molecule has 0 bridgehead atoms. The van der Waals surface area contributed by atoms with Crippen LogP contribution in [0.25, 0.3) is 0 Å². The molecule has 1 unspecified atom stereocenters. The van der Waals surface area contributed by atoms with Crippen molar-refractivity contribution in [3.63, 3.8) is 0 Å². The van der Waals surface area contributed by atoms with Gasteiger partial charge in [-0.05, 0) is 67.5 Å². The van der Waals surface area contributed by atoms with Crippen LogP contribution in [0.5, 0.6) is 11.5 Å². The third kappa shape index (κ3) is 8.47. The van der Waals surface area contributed by atoms with Gasteiger partial charge in [-0.15, -0.1) is 0 Å². The lowest BCUT2D eigenvalue weighted by Crippen LogP contribution is -2.31. The van der Waals surface area contributed by atoms with Crippen LogP contribution in [0, 0.1) is 0 Å². The Morgan fingerprint density at radius 2 is 1.70 bits per heavy atom. The van der Waals surface area contributed by atoms with Gasteiger partial charge in [0.25, 0.3) is 5.90 Å². The minimum absolute atomic E-state index is 0.201. The van der Waals surface area contributed by atoms with E-state index in [1.807, 2.05) is 38.1 Å². The molecule has 1 aliphatic heterocycles. The van der Waals surface area contributed by atoms with Gasteiger partial charge in [0.2, 0.25) is 0 Å². The zero-order chi connectivity index (χ0) is 30.7. The molecule has 1 atom stereocenters. The van der Waals surface area contributed by atoms with Crippen molar-refractivity contribution in [1.29, 1.82) is 0 Å². The van der Waals surface area contributed by atoms with Crippen molar-refractivity contribution in [2.45, 2.75) is 26.1 Å². The van der Waals surface area contributed by atoms with Gasteiger partial charge in [-0.2, -0.15) is 18.3 Å². The molecule has 0 radical (unpaired) electrons. The summed E-state index contributed by atoms with van der Waals surface area (Å²) in [5.41, 5.74) is 5.35. The Morgan fingerprint density at radius 1 is 1.00 bits per heavy atom. The second-order valence-corrected chi connectivity index (χ2v) is 8.94. The molecule has 0 fully saturated rings. The molecule has 1 aliphatic rings. The molecule has 0 amide bonds. The Labute approximate surface area is 246 Å². The second-order valence-electron chi connectivity index (χ2n) is 8.94. The fourth-order valence-electron chi connectivity index (χ4n) is 3.88. The molecule has 3 aromatic rings. The number of benzene rings is 3. The van der Waals surface area contributed by atoms with E-state index in [4.69, 9.17) is 24.0 Å². The van der Waals surface area contributed by atoms with Gasteiger partial charge in [0.05, 0.1) is 17.8 Å². The highest BCUT2D eigenvalue weighted by Crippen LogP contribution is 2.31. The molecule has 13 heteroatoms. The molecule has 0 aromatic heterocycles. The van der Waals surface area contributed by atoms with Gasteiger partial charge in [-0.1, -0.05) is 34.6 Å². The average molecular weight is 598 g/mol. The Balaban J connectivity index is 1.47. The van der Waals surface area contributed by atoms with Crippen LogP contribution in [0.4, 0.5) is 13.2 Å². The SMILES string of the molecule is CCO/N=C(\c1ccc(Oc2ccc(C(F)(F)F)cc2)cc1)C(C)N/N=C/c1ccccc1/C(=N\OC)C1=NOCCO1. The Bertz CT molecular complexity index is 1470. The third-order valence-electron chi connectivity index (χ3n) is 5.90. The summed E-state index contributed by atoms with van der Waals surface area (Å²) in [6, 6.07) is 18.4. The van der Waals surface area contributed by atoms with Crippen molar-refractivity contribution >= 4 is 23.5 Å². The van der Waals surface area contributed by atoms with E-state index >= 15 is 0 Å². The van der Waals surface area contributed by atoms with Crippen molar-refractivity contribution in [3.05, 3.63) is 95.1 Å². The number of hydrogen-bond donors (Lipinski definition) is 1. The minimum Gasteiger partial charge on any atom is -0.470 e. The van der Waals surface area contributed by atoms with Crippen LogP contribution < -0.4 is 10.2 Å². The van der Waals surface area contributed by atoms with Gasteiger partial charge in [0.15, 0.2) is 12.3 Å². The van der Waals surface area contributed by atoms with Crippen molar-refractivity contribution in [2.24, 2.45) is 20.6 Å². The van der Waals surface area contributed by atoms with Crippen molar-refractivity contribution in [1.82, 2.24) is 5.43 Å². The van der Waals surface area contributed by atoms with Crippen LogP contribution in [0.15, 0.2) is 93.4 Å². The maximum absolute atomic E-state index is 12.8. The molecular formula is C30H30F3N5O5. The number of ether oxygens (including phenoxy) is 2. The van der Waals surface area contributed by atoms with Crippen LogP contribution in [-0.2, 0) is 25.4 Å². The number of nitrogens with zero attached hydrogens (tertiary/aromatic N) is 4. The fourth-order valence-corrected chi connectivity index (χ4v) is 3.88. The molecule has 10 nitrogen and oxygen atoms in total. The number of oxime groups is 3. The smallest absolute Gasteiger partial charge is 0.416 e. The largest absolute Gasteiger partial charge is 0.470 e. The van der Waals surface area contributed by atoms with Gasteiger partial charge in [0.1, 0.15) is 37.5 Å². The zero-order valence-corrected chi connectivity index (χ0v) is 23.7. The summed E-state index contributed by atoms with van der Waals surface area (Å²) in [6.07, 6.45) is -2.79. The summed E-state index contributed by atoms with van der Waals surface area (Å²) in [6.45, 7) is 4.72. The van der Waals surface area contributed by atoms with Gasteiger partial charge in [0, 0.05) is 16.7 Å². The molecule has 0 spiro atoms. The van der Waals surface area contributed by atoms with Crippen LogP contribution in [0.1, 0.15) is 36.1 Å². The summed E-state index contributed by atoms with van der Waals surface area (Å²) < 4.78 is 49.8. The maximum atomic E-state index is 12.8. The normalized spacial score (nSPS) is 14.8. The van der Waals surface area contributed by atoms with E-state index in [1.54, 1.807) is 30.5 Å². The molecule has 0 saturated heterocycles. The monoisotopic (exact) mass is 597 g/mol. The van der Waals surface area contributed by atoms with Crippen LogP contribution >= 0.6 is 0 Å². The van der Waals surface area contributed by atoms with E-state index in [1.165, 1.54) is 19.2 Å². The maximum Gasteiger partial charge on any atom is 0.416 e. The van der Waals surface area contributed by atoms with E-state index in [0.717, 1.165) is 17.7 Å². The molecule has 43 heavy (non-hydrogen) atoms. The highest BCUT2D eigenvalue weighted by atomic mass is 19.4. The van der Waals surface area contributed by atoms with Gasteiger partial charge in [-0.3, -0.25) is 0 Å². The summed E-state index contributed by atoms with van der Waals surface area (Å²) in [7, 11) is 1.43. The Hall–Kier alpha value is -5.07. The summed E-state index contributed by atoms with van der Waals surface area (Å²) in [5.74, 6) is 0.925. The van der Waals surface area contributed by atoms with E-state index in [0.29, 0.717) is 48.1 Å². The van der Waals surface area contributed by atoms with Gasteiger partial charge >= 0.3 is 6.18 Å². The molecule has 0 saturated carbocycles. The number of hydrazone groups is 1. The molecule has 1 heterocycles. The van der Waals surface area contributed by atoms with Crippen molar-refractivity contribution < 1.29 is 37.2 Å². The number of alkyl halides is 3. The Kier molecular flexibility index (Phi) is 10.6. The lowest BCUT2D eigenvalue weighted by atomic mass is 10.0. The quantitative estimate of drug-likeness (QED) is 0.204. The van der Waals surface area contributed by atoms with Gasteiger partial charge in [-0.25, -0.2) is 0 Å². The van der Waals surface area contributed by atoms with E-state index in [2.05, 4.69) is 26.0 Å². The Morgan fingerprint density at radius 3 is 2.33 bits per heavy atom. The highest BCUT2D eigenvalue weighted by Gasteiger charge is 2.30. The fraction of sp³-hybridized carbons (Fsp3) is 0.267. The standard InChI is InChI=1S/C30H30F3N5O5/c1-4-41-37-27(21-9-13-24(14-10-21)43-25-15-11-23(12-16-25)30(31,32)33)20(2)35-34-19-22-7-5-6-8-26(22)28(36-39-3)29-38-42-18-17-40-29/h5-16,19-20,35H,4,17-18H2,1-3H3/b34-19+,36-28+,37-27-. The molecule has 3 aromatic carbocycles. The minimum atomic E-state index is -4.41. The highest BCUT2D eigenvalue weighted by molar-refractivity contribution is 6.46. The van der Waals surface area contributed by atoms with Crippen LogP contribution in [-0.4, -0.2) is 56.5 Å². The first-order chi connectivity index (χ1) is 20.8. The molecule has 0 aliphatic carbocycles. The van der Waals surface area contributed by atoms with Crippen LogP contribution in [0.2, 0.25) is 0 Å². The topological polar surface area (TPSA) is 108 Å². The van der Waals surface area contributed by atoms with E-state index < -0.39 is 11.7 Å². The zero-order valence-electron chi connectivity index (χ0n) is 23.7. The lowest BCUT2D eigenvalue weighted by molar-refractivity contribution is -0.137. The average Bonchev–Trinajstić information content (AvgIpc) is 3.01. The van der Waals surface area contributed by atoms with Crippen molar-refractivity contribution in [2.75, 3.05) is 26.9 Å². The predicted octanol–water partition coefficient (Wildman–Crippen LogP) is 5.96. The summed E-state index contributed by atoms with van der Waals surface area (Å²) >= 11 is 0. The number of nitrogens with one attached hydrogen (secondary N) is 1. The summed E-state index contributed by atoms with van der Waals surface area (Å²) in [4.78, 5) is 15.5. The second kappa shape index (κ2) is 14.7. The molecular weight excluding hydrogens is 567 g/mol. The predicted molar refractivity (Wildman–Crippen MR) is 156 cm³/mol. The number of hydrogen-bond acceptors (Lipinski definition) is 10. The first-order valence-corrected chi connectivity index (χ1v) is 13.3. The van der Waals surface area contributed by atoms with E-state index in [9.17, 15) is 13.2 Å². The third-order valence-corrected chi connectivity index (χ3v) is 5.90. The molecule has 4 rings (SSSR count). The van der Waals surface area contributed by atoms with Crippen molar-refractivity contribution in [3.8, 4) is 11.5 Å². The van der Waals surface area contributed by atoms with Crippen LogP contribution in [0.3, 0.4) is 0 Å². The first-order valence-electron chi connectivity index (χ1n) is 13.3. The molecule has 1 N–H and O–H groups in total. The molecule has 226 valence electrons. The van der Waals surface area contributed by atoms with E-state index in [-0.39, 0.29) is 17.7 Å². The summed E-state index contributed by atoms with van der Waals surface area (Å²) in [5, 5.41) is 16.7.